The Bertz CT molecular complexity index is 440. The first-order valence-electron chi connectivity index (χ1n) is 6.09. The number of carbonyl (C=O) groups is 1. The number of amides is 1. The van der Waals surface area contributed by atoms with Crippen molar-refractivity contribution in [3.05, 3.63) is 35.9 Å². The Balaban J connectivity index is 2.48. The Labute approximate surface area is 112 Å². The molecule has 0 bridgehead atoms. The monoisotopic (exact) mass is 262 g/mol. The van der Waals surface area contributed by atoms with Gasteiger partial charge in [-0.15, -0.1) is 0 Å². The van der Waals surface area contributed by atoms with Crippen molar-refractivity contribution in [1.82, 2.24) is 5.32 Å². The van der Waals surface area contributed by atoms with E-state index in [9.17, 15) is 9.90 Å². The van der Waals surface area contributed by atoms with Gasteiger partial charge in [-0.05, 0) is 11.5 Å². The number of aliphatic hydroxyl groups is 1. The highest BCUT2D eigenvalue weighted by atomic mass is 16.5. The fourth-order valence-electron chi connectivity index (χ4n) is 1.59. The largest absolute Gasteiger partial charge is 0.445 e. The van der Waals surface area contributed by atoms with Gasteiger partial charge in [0, 0.05) is 0 Å². The van der Waals surface area contributed by atoms with Crippen LogP contribution in [0, 0.1) is 17.2 Å². The third kappa shape index (κ3) is 4.98. The highest BCUT2D eigenvalue weighted by Gasteiger charge is 2.24. The summed E-state index contributed by atoms with van der Waals surface area (Å²) in [5.74, 6) is -0.0704. The number of hydrogen-bond acceptors (Lipinski definition) is 4. The first kappa shape index (κ1) is 15.0. The van der Waals surface area contributed by atoms with E-state index in [1.165, 1.54) is 0 Å². The lowest BCUT2D eigenvalue weighted by Gasteiger charge is -2.22. The molecule has 0 radical (unpaired) electrons. The normalized spacial score (nSPS) is 13.4. The van der Waals surface area contributed by atoms with Crippen molar-refractivity contribution in [2.24, 2.45) is 5.92 Å². The van der Waals surface area contributed by atoms with Crippen LogP contribution in [0.2, 0.25) is 0 Å². The molecule has 0 aliphatic heterocycles. The quantitative estimate of drug-likeness (QED) is 0.793. The maximum Gasteiger partial charge on any atom is 0.407 e. The molecule has 1 aromatic rings. The number of hydrogen-bond donors (Lipinski definition) is 2. The molecule has 1 aromatic carbocycles. The Hall–Kier alpha value is -2.06. The number of carbonyl (C=O) groups excluding carboxylic acids is 1. The third-order valence-corrected chi connectivity index (χ3v) is 2.69. The molecule has 0 aromatic heterocycles. The Morgan fingerprint density at radius 1 is 1.42 bits per heavy atom. The molecule has 2 N–H and O–H groups in total. The highest BCUT2D eigenvalue weighted by molar-refractivity contribution is 5.67. The van der Waals surface area contributed by atoms with Gasteiger partial charge in [0.2, 0.25) is 0 Å². The minimum Gasteiger partial charge on any atom is -0.445 e. The number of benzene rings is 1. The van der Waals surface area contributed by atoms with E-state index in [1.807, 2.05) is 44.2 Å². The van der Waals surface area contributed by atoms with Gasteiger partial charge in [-0.25, -0.2) is 4.79 Å². The van der Waals surface area contributed by atoms with Crippen LogP contribution in [0.4, 0.5) is 4.79 Å². The molecule has 0 fully saturated rings. The second-order valence-corrected chi connectivity index (χ2v) is 4.55. The first-order chi connectivity index (χ1) is 9.04. The maximum absolute atomic E-state index is 11.6. The Kier molecular flexibility index (Phi) is 5.83. The van der Waals surface area contributed by atoms with E-state index in [2.05, 4.69) is 5.32 Å². The number of nitrogens with one attached hydrogen (secondary N) is 1. The topological polar surface area (TPSA) is 82.3 Å². The zero-order chi connectivity index (χ0) is 14.3. The zero-order valence-electron chi connectivity index (χ0n) is 11.0. The van der Waals surface area contributed by atoms with E-state index < -0.39 is 18.2 Å². The van der Waals surface area contributed by atoms with Crippen molar-refractivity contribution >= 4 is 6.09 Å². The first-order valence-corrected chi connectivity index (χ1v) is 6.09. The maximum atomic E-state index is 11.6. The van der Waals surface area contributed by atoms with Crippen LogP contribution in [-0.4, -0.2) is 23.3 Å². The molecule has 1 rings (SSSR count). The van der Waals surface area contributed by atoms with E-state index in [4.69, 9.17) is 10.00 Å². The van der Waals surface area contributed by atoms with Crippen LogP contribution in [-0.2, 0) is 11.3 Å². The minimum atomic E-state index is -1.25. The predicted molar refractivity (Wildman–Crippen MR) is 70.0 cm³/mol. The molecule has 1 amide bonds. The van der Waals surface area contributed by atoms with Crippen LogP contribution in [0.3, 0.4) is 0 Å². The summed E-state index contributed by atoms with van der Waals surface area (Å²) < 4.78 is 5.03. The van der Waals surface area contributed by atoms with Gasteiger partial charge in [-0.2, -0.15) is 5.26 Å². The van der Waals surface area contributed by atoms with Crippen LogP contribution in [0.15, 0.2) is 30.3 Å². The van der Waals surface area contributed by atoms with E-state index in [1.54, 1.807) is 6.07 Å². The SMILES string of the molecule is CC(C)C(NC(=O)OCc1ccccc1)C(O)C#N. The van der Waals surface area contributed by atoms with Gasteiger partial charge in [0.1, 0.15) is 6.61 Å². The lowest BCUT2D eigenvalue weighted by Crippen LogP contribution is -2.46. The second-order valence-electron chi connectivity index (χ2n) is 4.55. The molecular formula is C14H18N2O3. The Morgan fingerprint density at radius 2 is 2.05 bits per heavy atom. The number of nitrogens with zero attached hydrogens (tertiary/aromatic N) is 1. The summed E-state index contributed by atoms with van der Waals surface area (Å²) in [7, 11) is 0. The van der Waals surface area contributed by atoms with Crippen molar-refractivity contribution in [2.45, 2.75) is 32.6 Å². The highest BCUT2D eigenvalue weighted by Crippen LogP contribution is 2.07. The van der Waals surface area contributed by atoms with Crippen LogP contribution in [0.1, 0.15) is 19.4 Å². The zero-order valence-corrected chi connectivity index (χ0v) is 11.0. The third-order valence-electron chi connectivity index (χ3n) is 2.69. The van der Waals surface area contributed by atoms with Crippen LogP contribution >= 0.6 is 0 Å². The van der Waals surface area contributed by atoms with Crippen molar-refractivity contribution < 1.29 is 14.6 Å². The van der Waals surface area contributed by atoms with Crippen LogP contribution in [0.5, 0.6) is 0 Å². The lowest BCUT2D eigenvalue weighted by molar-refractivity contribution is 0.109. The number of ether oxygens (including phenoxy) is 1. The van der Waals surface area contributed by atoms with Crippen LogP contribution < -0.4 is 5.32 Å². The summed E-state index contributed by atoms with van der Waals surface area (Å²) in [6.45, 7) is 3.77. The van der Waals surface area contributed by atoms with Gasteiger partial charge in [0.25, 0.3) is 0 Å². The molecule has 2 unspecified atom stereocenters. The fraction of sp³-hybridized carbons (Fsp3) is 0.429. The standard InChI is InChI=1S/C14H18N2O3/c1-10(2)13(12(17)8-15)16-14(18)19-9-11-6-4-3-5-7-11/h3-7,10,12-13,17H,9H2,1-2H3,(H,16,18). The number of rotatable bonds is 5. The summed E-state index contributed by atoms with van der Waals surface area (Å²) in [6, 6.07) is 10.3. The van der Waals surface area contributed by atoms with Gasteiger partial charge in [-0.1, -0.05) is 44.2 Å². The minimum absolute atomic E-state index is 0.0704. The number of aliphatic hydroxyl groups excluding tert-OH is 1. The molecule has 0 saturated carbocycles. The molecule has 0 spiro atoms. The predicted octanol–water partition coefficient (Wildman–Crippen LogP) is 1.82. The van der Waals surface area contributed by atoms with Crippen LogP contribution in [0.25, 0.3) is 0 Å². The summed E-state index contributed by atoms with van der Waals surface area (Å²) >= 11 is 0. The molecule has 0 aliphatic rings. The molecule has 0 heterocycles. The summed E-state index contributed by atoms with van der Waals surface area (Å²) in [5.41, 5.74) is 0.875. The van der Waals surface area contributed by atoms with E-state index >= 15 is 0 Å². The number of nitriles is 1. The smallest absolute Gasteiger partial charge is 0.407 e. The van der Waals surface area contributed by atoms with Gasteiger partial charge in [0.15, 0.2) is 6.10 Å². The molecular weight excluding hydrogens is 244 g/mol. The fourth-order valence-corrected chi connectivity index (χ4v) is 1.59. The molecule has 102 valence electrons. The average molecular weight is 262 g/mol. The average Bonchev–Trinajstić information content (AvgIpc) is 2.42. The lowest BCUT2D eigenvalue weighted by atomic mass is 10.00. The molecule has 5 nitrogen and oxygen atoms in total. The van der Waals surface area contributed by atoms with Crippen molar-refractivity contribution in [3.8, 4) is 6.07 Å². The van der Waals surface area contributed by atoms with Crippen molar-refractivity contribution in [2.75, 3.05) is 0 Å². The molecule has 5 heteroatoms. The van der Waals surface area contributed by atoms with Gasteiger partial charge < -0.3 is 15.2 Å². The van der Waals surface area contributed by atoms with Gasteiger partial charge >= 0.3 is 6.09 Å². The van der Waals surface area contributed by atoms with Gasteiger partial charge in [0.05, 0.1) is 12.1 Å². The van der Waals surface area contributed by atoms with Crippen molar-refractivity contribution in [1.29, 1.82) is 5.26 Å². The summed E-state index contributed by atoms with van der Waals surface area (Å²) in [6.07, 6.45) is -1.89. The number of alkyl carbamates (subject to hydrolysis) is 1. The second kappa shape index (κ2) is 7.39. The summed E-state index contributed by atoms with van der Waals surface area (Å²) in [4.78, 5) is 11.6. The Morgan fingerprint density at radius 3 is 2.58 bits per heavy atom. The molecule has 0 aliphatic carbocycles. The summed E-state index contributed by atoms with van der Waals surface area (Å²) in [5, 5.41) is 20.7. The molecule has 19 heavy (non-hydrogen) atoms. The molecule has 2 atom stereocenters. The molecule has 0 saturated heterocycles. The van der Waals surface area contributed by atoms with E-state index in [-0.39, 0.29) is 12.5 Å². The van der Waals surface area contributed by atoms with E-state index in [0.717, 1.165) is 5.56 Å². The van der Waals surface area contributed by atoms with E-state index in [0.29, 0.717) is 0 Å². The van der Waals surface area contributed by atoms with Gasteiger partial charge in [-0.3, -0.25) is 0 Å². The van der Waals surface area contributed by atoms with Crippen molar-refractivity contribution in [3.63, 3.8) is 0 Å².